The van der Waals surface area contributed by atoms with Gasteiger partial charge in [0.25, 0.3) is 6.43 Å². The van der Waals surface area contributed by atoms with Gasteiger partial charge in [0.15, 0.2) is 0 Å². The molecule has 0 aromatic carbocycles. The second-order valence-corrected chi connectivity index (χ2v) is 3.99. The van der Waals surface area contributed by atoms with Crippen molar-refractivity contribution in [3.05, 3.63) is 29.6 Å². The quantitative estimate of drug-likeness (QED) is 0.842. The average molecular weight is 254 g/mol. The van der Waals surface area contributed by atoms with Crippen LogP contribution >= 0.6 is 0 Å². The number of rotatable bonds is 3. The second kappa shape index (κ2) is 4.56. The summed E-state index contributed by atoms with van der Waals surface area (Å²) in [6.45, 7) is 1.00. The highest BCUT2D eigenvalue weighted by molar-refractivity contribution is 5.24. The summed E-state index contributed by atoms with van der Waals surface area (Å²) in [6, 6.07) is 2.36. The highest BCUT2D eigenvalue weighted by atomic mass is 19.4. The van der Waals surface area contributed by atoms with Crippen LogP contribution in [0.5, 0.6) is 0 Å². The molecule has 17 heavy (non-hydrogen) atoms. The van der Waals surface area contributed by atoms with Crippen LogP contribution in [0, 0.1) is 0 Å². The van der Waals surface area contributed by atoms with Gasteiger partial charge in [-0.25, -0.2) is 8.78 Å². The monoisotopic (exact) mass is 254 g/mol. The lowest BCUT2D eigenvalue weighted by molar-refractivity contribution is -0.142. The van der Waals surface area contributed by atoms with Crippen LogP contribution in [0.2, 0.25) is 0 Å². The van der Waals surface area contributed by atoms with Gasteiger partial charge in [-0.3, -0.25) is 4.98 Å². The smallest absolute Gasteiger partial charge is 0.320 e. The first-order valence-corrected chi connectivity index (χ1v) is 4.72. The fourth-order valence-corrected chi connectivity index (χ4v) is 1.32. The number of hydrogen-bond donors (Lipinski definition) is 1. The van der Waals surface area contributed by atoms with Crippen molar-refractivity contribution in [1.29, 1.82) is 0 Å². The minimum atomic E-state index is -4.67. The van der Waals surface area contributed by atoms with Crippen molar-refractivity contribution < 1.29 is 22.0 Å². The van der Waals surface area contributed by atoms with Crippen molar-refractivity contribution in [3.8, 4) is 0 Å². The molecular weight excluding hydrogens is 243 g/mol. The third-order valence-corrected chi connectivity index (χ3v) is 2.23. The van der Waals surface area contributed by atoms with E-state index in [2.05, 4.69) is 4.98 Å². The number of nitrogens with two attached hydrogens (primary N) is 1. The van der Waals surface area contributed by atoms with Crippen LogP contribution in [-0.2, 0) is 12.6 Å². The summed E-state index contributed by atoms with van der Waals surface area (Å²) < 4.78 is 62.6. The van der Waals surface area contributed by atoms with Gasteiger partial charge in [0.05, 0.1) is 5.54 Å². The zero-order valence-electron chi connectivity index (χ0n) is 8.93. The summed E-state index contributed by atoms with van der Waals surface area (Å²) in [6.07, 6.45) is -7.21. The first kappa shape index (κ1) is 13.8. The first-order valence-electron chi connectivity index (χ1n) is 4.72. The lowest BCUT2D eigenvalue weighted by Crippen LogP contribution is -2.46. The predicted octanol–water partition coefficient (Wildman–Crippen LogP) is 2.63. The zero-order chi connectivity index (χ0) is 13.3. The van der Waals surface area contributed by atoms with Crippen LogP contribution < -0.4 is 5.73 Å². The maximum absolute atomic E-state index is 12.5. The number of aromatic nitrogens is 1. The van der Waals surface area contributed by atoms with Gasteiger partial charge >= 0.3 is 6.18 Å². The fraction of sp³-hybridized carbons (Fsp3) is 0.500. The van der Waals surface area contributed by atoms with Crippen LogP contribution in [-0.4, -0.2) is 16.9 Å². The molecule has 0 aliphatic rings. The highest BCUT2D eigenvalue weighted by Crippen LogP contribution is 2.32. The Labute approximate surface area is 94.6 Å². The van der Waals surface area contributed by atoms with E-state index in [4.69, 9.17) is 5.73 Å². The molecular formula is C10H11F5N2. The van der Waals surface area contributed by atoms with Crippen LogP contribution in [0.25, 0.3) is 0 Å². The largest absolute Gasteiger partial charge is 0.433 e. The van der Waals surface area contributed by atoms with Crippen LogP contribution in [0.1, 0.15) is 18.2 Å². The number of halogens is 5. The van der Waals surface area contributed by atoms with Crippen molar-refractivity contribution >= 4 is 0 Å². The zero-order valence-corrected chi connectivity index (χ0v) is 8.93. The standard InChI is InChI=1S/C10H11F5N2/c1-9(16,8(11)12)5-6-3-2-4-17-7(6)10(13,14)15/h2-4,8H,5,16H2,1H3. The maximum Gasteiger partial charge on any atom is 0.433 e. The molecule has 0 saturated heterocycles. The van der Waals surface area contributed by atoms with Gasteiger partial charge in [-0.15, -0.1) is 0 Å². The first-order chi connectivity index (χ1) is 7.64. The van der Waals surface area contributed by atoms with Gasteiger partial charge in [0.1, 0.15) is 5.69 Å². The number of nitrogens with zero attached hydrogens (tertiary/aromatic N) is 1. The lowest BCUT2D eigenvalue weighted by Gasteiger charge is -2.24. The van der Waals surface area contributed by atoms with E-state index in [1.807, 2.05) is 0 Å². The van der Waals surface area contributed by atoms with Crippen molar-refractivity contribution in [2.45, 2.75) is 31.5 Å². The molecule has 1 atom stereocenters. The summed E-state index contributed by atoms with van der Waals surface area (Å²) in [5.74, 6) is 0. The molecule has 0 aliphatic heterocycles. The summed E-state index contributed by atoms with van der Waals surface area (Å²) >= 11 is 0. The van der Waals surface area contributed by atoms with Gasteiger partial charge in [-0.2, -0.15) is 13.2 Å². The van der Waals surface area contributed by atoms with Gasteiger partial charge < -0.3 is 5.73 Å². The average Bonchev–Trinajstić information content (AvgIpc) is 2.15. The second-order valence-electron chi connectivity index (χ2n) is 3.99. The SMILES string of the molecule is CC(N)(Cc1cccnc1C(F)(F)F)C(F)F. The van der Waals surface area contributed by atoms with E-state index in [-0.39, 0.29) is 5.56 Å². The Balaban J connectivity index is 3.08. The molecule has 0 saturated carbocycles. The maximum atomic E-state index is 12.5. The van der Waals surface area contributed by atoms with Crippen LogP contribution in [0.4, 0.5) is 22.0 Å². The van der Waals surface area contributed by atoms with Gasteiger partial charge in [0.2, 0.25) is 0 Å². The van der Waals surface area contributed by atoms with E-state index in [1.54, 1.807) is 0 Å². The molecule has 0 radical (unpaired) electrons. The van der Waals surface area contributed by atoms with E-state index in [0.717, 1.165) is 19.2 Å². The Kier molecular flexibility index (Phi) is 3.71. The predicted molar refractivity (Wildman–Crippen MR) is 51.5 cm³/mol. The Bertz CT molecular complexity index is 387. The molecule has 1 aromatic heterocycles. The van der Waals surface area contributed by atoms with Crippen molar-refractivity contribution in [2.24, 2.45) is 5.73 Å². The molecule has 0 aliphatic carbocycles. The van der Waals surface area contributed by atoms with E-state index in [0.29, 0.717) is 0 Å². The molecule has 0 spiro atoms. The van der Waals surface area contributed by atoms with Gasteiger partial charge in [-0.1, -0.05) is 6.07 Å². The Morgan fingerprint density at radius 3 is 2.41 bits per heavy atom. The van der Waals surface area contributed by atoms with Crippen LogP contribution in [0.3, 0.4) is 0 Å². The molecule has 1 aromatic rings. The number of pyridine rings is 1. The molecule has 0 fully saturated rings. The third kappa shape index (κ3) is 3.36. The lowest BCUT2D eigenvalue weighted by atomic mass is 9.93. The van der Waals surface area contributed by atoms with Crippen molar-refractivity contribution in [3.63, 3.8) is 0 Å². The Morgan fingerprint density at radius 2 is 1.94 bits per heavy atom. The molecule has 0 bridgehead atoms. The fourth-order valence-electron chi connectivity index (χ4n) is 1.32. The molecule has 1 rings (SSSR count). The minimum absolute atomic E-state index is 0.328. The minimum Gasteiger partial charge on any atom is -0.320 e. The molecule has 96 valence electrons. The molecule has 1 heterocycles. The summed E-state index contributed by atoms with van der Waals surface area (Å²) in [4.78, 5) is 3.17. The molecule has 2 nitrogen and oxygen atoms in total. The summed E-state index contributed by atoms with van der Waals surface area (Å²) in [5.41, 5.74) is 1.75. The molecule has 1 unspecified atom stereocenters. The van der Waals surface area contributed by atoms with Crippen molar-refractivity contribution in [1.82, 2.24) is 4.98 Å². The van der Waals surface area contributed by atoms with Crippen molar-refractivity contribution in [2.75, 3.05) is 0 Å². The molecule has 0 amide bonds. The Hall–Kier alpha value is -1.24. The normalized spacial score (nSPS) is 16.0. The summed E-state index contributed by atoms with van der Waals surface area (Å²) in [5, 5.41) is 0. The number of alkyl halides is 5. The van der Waals surface area contributed by atoms with Gasteiger partial charge in [-0.05, 0) is 25.0 Å². The highest BCUT2D eigenvalue weighted by Gasteiger charge is 2.38. The number of hydrogen-bond acceptors (Lipinski definition) is 2. The molecule has 7 heteroatoms. The van der Waals surface area contributed by atoms with E-state index >= 15 is 0 Å². The van der Waals surface area contributed by atoms with E-state index in [9.17, 15) is 22.0 Å². The molecule has 2 N–H and O–H groups in total. The topological polar surface area (TPSA) is 38.9 Å². The van der Waals surface area contributed by atoms with Crippen LogP contribution in [0.15, 0.2) is 18.3 Å². The van der Waals surface area contributed by atoms with E-state index < -0.39 is 30.3 Å². The van der Waals surface area contributed by atoms with E-state index in [1.165, 1.54) is 6.07 Å². The summed E-state index contributed by atoms with van der Waals surface area (Å²) in [7, 11) is 0. The third-order valence-electron chi connectivity index (χ3n) is 2.23. The van der Waals surface area contributed by atoms with Gasteiger partial charge in [0, 0.05) is 6.20 Å². The Morgan fingerprint density at radius 1 is 1.35 bits per heavy atom.